The average Bonchev–Trinajstić information content (AvgIpc) is 3.05. The first-order valence-corrected chi connectivity index (χ1v) is 11.5. The van der Waals surface area contributed by atoms with Crippen molar-refractivity contribution in [1.82, 2.24) is 5.32 Å². The summed E-state index contributed by atoms with van der Waals surface area (Å²) in [5, 5.41) is 14.7. The lowest BCUT2D eigenvalue weighted by atomic mass is 9.47. The molecule has 1 aromatic rings. The molecule has 4 aliphatic rings. The third-order valence-corrected chi connectivity index (χ3v) is 9.34. The van der Waals surface area contributed by atoms with Crippen molar-refractivity contribution in [1.29, 1.82) is 0 Å². The Morgan fingerprint density at radius 2 is 1.80 bits per heavy atom. The van der Waals surface area contributed by atoms with Crippen LogP contribution < -0.4 is 10.1 Å². The van der Waals surface area contributed by atoms with Gasteiger partial charge in [0.1, 0.15) is 6.10 Å². The Hall–Kier alpha value is -2.11. The lowest BCUT2D eigenvalue weighted by molar-refractivity contribution is -0.386. The second kappa shape index (κ2) is 6.96. The van der Waals surface area contributed by atoms with Gasteiger partial charge in [-0.3, -0.25) is 14.9 Å². The van der Waals surface area contributed by atoms with Crippen LogP contribution in [0.5, 0.6) is 5.75 Å². The molecule has 6 heteroatoms. The molecule has 0 spiro atoms. The molecule has 5 rings (SSSR count). The third-order valence-electron chi connectivity index (χ3n) is 9.34. The first-order valence-electron chi connectivity index (χ1n) is 11.5. The van der Waals surface area contributed by atoms with Gasteiger partial charge >= 0.3 is 5.69 Å². The van der Waals surface area contributed by atoms with E-state index in [0.717, 1.165) is 38.5 Å². The molecule has 0 aromatic heterocycles. The number of piperidine rings is 1. The van der Waals surface area contributed by atoms with Gasteiger partial charge in [-0.15, -0.1) is 0 Å². The number of hydrogen-bond acceptors (Lipinski definition) is 4. The summed E-state index contributed by atoms with van der Waals surface area (Å²) in [4.78, 5) is 23.1. The van der Waals surface area contributed by atoms with E-state index >= 15 is 0 Å². The van der Waals surface area contributed by atoms with Crippen LogP contribution in [-0.4, -0.2) is 23.0 Å². The monoisotopic (exact) mass is 412 g/mol. The van der Waals surface area contributed by atoms with Crippen molar-refractivity contribution in [2.75, 3.05) is 0 Å². The van der Waals surface area contributed by atoms with Crippen LogP contribution in [0.15, 0.2) is 24.3 Å². The molecule has 2 unspecified atom stereocenters. The van der Waals surface area contributed by atoms with Crippen molar-refractivity contribution in [3.05, 3.63) is 34.4 Å². The van der Waals surface area contributed by atoms with Crippen molar-refractivity contribution in [2.24, 2.45) is 28.6 Å². The number of amides is 1. The summed E-state index contributed by atoms with van der Waals surface area (Å²) >= 11 is 0. The van der Waals surface area contributed by atoms with E-state index in [4.69, 9.17) is 4.74 Å². The van der Waals surface area contributed by atoms with Crippen molar-refractivity contribution in [3.8, 4) is 5.75 Å². The summed E-state index contributed by atoms with van der Waals surface area (Å²) in [5.41, 5.74) is 0.325. The Kier molecular flexibility index (Phi) is 4.60. The van der Waals surface area contributed by atoms with Gasteiger partial charge in [-0.2, -0.15) is 0 Å². The number of carbonyl (C=O) groups is 1. The highest BCUT2D eigenvalue weighted by molar-refractivity contribution is 5.77. The van der Waals surface area contributed by atoms with Crippen LogP contribution in [0.25, 0.3) is 0 Å². The quantitative estimate of drug-likeness (QED) is 0.568. The minimum Gasteiger partial charge on any atom is -0.483 e. The van der Waals surface area contributed by atoms with Gasteiger partial charge in [-0.25, -0.2) is 0 Å². The molecular weight excluding hydrogens is 380 g/mol. The summed E-state index contributed by atoms with van der Waals surface area (Å²) in [6.45, 7) is 4.77. The van der Waals surface area contributed by atoms with E-state index in [9.17, 15) is 14.9 Å². The van der Waals surface area contributed by atoms with E-state index in [1.807, 2.05) is 6.07 Å². The van der Waals surface area contributed by atoms with Crippen LogP contribution in [0.3, 0.4) is 0 Å². The van der Waals surface area contributed by atoms with E-state index < -0.39 is 0 Å². The molecule has 1 heterocycles. The molecule has 0 bridgehead atoms. The highest BCUT2D eigenvalue weighted by atomic mass is 16.6. The number of fused-ring (bicyclic) bond motifs is 5. The zero-order valence-corrected chi connectivity index (χ0v) is 17.9. The van der Waals surface area contributed by atoms with E-state index in [2.05, 4.69) is 19.2 Å². The highest BCUT2D eigenvalue weighted by Crippen LogP contribution is 2.64. The van der Waals surface area contributed by atoms with Crippen molar-refractivity contribution < 1.29 is 14.5 Å². The average molecular weight is 413 g/mol. The molecule has 1 amide bonds. The Morgan fingerprint density at radius 1 is 1.03 bits per heavy atom. The van der Waals surface area contributed by atoms with Crippen LogP contribution in [-0.2, 0) is 4.79 Å². The maximum absolute atomic E-state index is 12.0. The normalized spacial score (nSPS) is 42.5. The maximum atomic E-state index is 12.0. The van der Waals surface area contributed by atoms with E-state index in [1.54, 1.807) is 12.1 Å². The molecule has 1 N–H and O–H groups in total. The van der Waals surface area contributed by atoms with Crippen LogP contribution >= 0.6 is 0 Å². The number of nitro benzene ring substituents is 1. The minimum absolute atomic E-state index is 0.0288. The van der Waals surface area contributed by atoms with Crippen molar-refractivity contribution in [2.45, 2.75) is 77.4 Å². The van der Waals surface area contributed by atoms with E-state index in [0.29, 0.717) is 36.0 Å². The summed E-state index contributed by atoms with van der Waals surface area (Å²) in [5.74, 6) is 2.54. The standard InChI is InChI=1S/C24H32N2O4/c1-23-14-12-22(27)25-20(23)9-7-15-16-8-10-21(24(16,2)13-11-17(15)23)30-19-6-4-3-5-18(19)26(28)29/h3-6,15-17,20-21H,7-14H2,1-2H3,(H,25,27)/t15-,16-,17+,20?,21?,23+,24-/m0/s1. The molecule has 1 aromatic carbocycles. The smallest absolute Gasteiger partial charge is 0.310 e. The molecule has 1 saturated heterocycles. The van der Waals surface area contributed by atoms with Gasteiger partial charge in [-0.05, 0) is 74.2 Å². The minimum atomic E-state index is -0.347. The third kappa shape index (κ3) is 2.86. The fourth-order valence-corrected chi connectivity index (χ4v) is 7.71. The molecule has 4 fully saturated rings. The molecule has 3 saturated carbocycles. The largest absolute Gasteiger partial charge is 0.483 e. The van der Waals surface area contributed by atoms with Gasteiger partial charge in [0.25, 0.3) is 0 Å². The number of para-hydroxylation sites is 2. The summed E-state index contributed by atoms with van der Waals surface area (Å²) in [6.07, 6.45) is 8.29. The van der Waals surface area contributed by atoms with Gasteiger partial charge < -0.3 is 10.1 Å². The Morgan fingerprint density at radius 3 is 2.60 bits per heavy atom. The topological polar surface area (TPSA) is 81.5 Å². The maximum Gasteiger partial charge on any atom is 0.310 e. The number of nitro groups is 1. The zero-order valence-electron chi connectivity index (χ0n) is 17.9. The van der Waals surface area contributed by atoms with Crippen molar-refractivity contribution >= 4 is 11.6 Å². The number of rotatable bonds is 3. The van der Waals surface area contributed by atoms with Gasteiger partial charge in [0.15, 0.2) is 5.75 Å². The molecule has 162 valence electrons. The first kappa shape index (κ1) is 19.8. The summed E-state index contributed by atoms with van der Waals surface area (Å²) < 4.78 is 6.37. The van der Waals surface area contributed by atoms with Crippen LogP contribution in [0.1, 0.15) is 65.2 Å². The van der Waals surface area contributed by atoms with Gasteiger partial charge in [0.05, 0.1) is 4.92 Å². The zero-order chi connectivity index (χ0) is 21.1. The molecule has 0 radical (unpaired) electrons. The highest BCUT2D eigenvalue weighted by Gasteiger charge is 2.61. The lowest BCUT2D eigenvalue weighted by Gasteiger charge is -2.60. The van der Waals surface area contributed by atoms with Gasteiger partial charge in [0, 0.05) is 23.9 Å². The number of ether oxygens (including phenoxy) is 1. The summed E-state index contributed by atoms with van der Waals surface area (Å²) in [6, 6.07) is 7.09. The molecular formula is C24H32N2O4. The fourth-order valence-electron chi connectivity index (χ4n) is 7.71. The molecule has 7 atom stereocenters. The Bertz CT molecular complexity index is 873. The number of carbonyl (C=O) groups excluding carboxylic acids is 1. The lowest BCUT2D eigenvalue weighted by Crippen LogP contribution is -2.61. The predicted molar refractivity (Wildman–Crippen MR) is 113 cm³/mol. The van der Waals surface area contributed by atoms with Gasteiger partial charge in [0.2, 0.25) is 5.91 Å². The van der Waals surface area contributed by atoms with Crippen LogP contribution in [0, 0.1) is 38.7 Å². The van der Waals surface area contributed by atoms with Gasteiger partial charge in [-0.1, -0.05) is 26.0 Å². The van der Waals surface area contributed by atoms with E-state index in [-0.39, 0.29) is 33.5 Å². The first-order chi connectivity index (χ1) is 14.3. The molecule has 1 aliphatic heterocycles. The number of benzene rings is 1. The number of nitrogens with zero attached hydrogens (tertiary/aromatic N) is 1. The van der Waals surface area contributed by atoms with E-state index in [1.165, 1.54) is 12.5 Å². The molecule has 30 heavy (non-hydrogen) atoms. The Balaban J connectivity index is 1.38. The van der Waals surface area contributed by atoms with Crippen LogP contribution in [0.2, 0.25) is 0 Å². The number of nitrogens with one attached hydrogen (secondary N) is 1. The second-order valence-corrected chi connectivity index (χ2v) is 10.5. The van der Waals surface area contributed by atoms with Crippen molar-refractivity contribution in [3.63, 3.8) is 0 Å². The fraction of sp³-hybridized carbons (Fsp3) is 0.708. The second-order valence-electron chi connectivity index (χ2n) is 10.5. The summed E-state index contributed by atoms with van der Waals surface area (Å²) in [7, 11) is 0. The molecule has 3 aliphatic carbocycles. The van der Waals surface area contributed by atoms with Crippen LogP contribution in [0.4, 0.5) is 5.69 Å². The molecule has 6 nitrogen and oxygen atoms in total. The Labute approximate surface area is 177 Å². The predicted octanol–water partition coefficient (Wildman–Crippen LogP) is 4.86. The SMILES string of the molecule is C[C@]12CCC(=O)NC1CC[C@@H]1[C@H]2CC[C@]2(C)C(Oc3ccccc3[N+](=O)[O-])CC[C@@H]12. The number of hydrogen-bond donors (Lipinski definition) is 1.